The monoisotopic (exact) mass is 250 g/mol. The lowest BCUT2D eigenvalue weighted by molar-refractivity contribution is -0.137. The van der Waals surface area contributed by atoms with Gasteiger partial charge in [-0.05, 0) is 23.1 Å². The van der Waals surface area contributed by atoms with Crippen molar-refractivity contribution in [2.45, 2.75) is 19.0 Å². The average molecular weight is 250 g/mol. The van der Waals surface area contributed by atoms with Crippen LogP contribution in [0.3, 0.4) is 0 Å². The minimum absolute atomic E-state index is 0.102. The Labute approximate surface area is 103 Å². The molecule has 0 spiro atoms. The van der Waals surface area contributed by atoms with Crippen molar-refractivity contribution >= 4 is 17.3 Å². The van der Waals surface area contributed by atoms with E-state index in [4.69, 9.17) is 5.11 Å². The smallest absolute Gasteiger partial charge is 0.305 e. The second kappa shape index (κ2) is 5.65. The maximum absolute atomic E-state index is 10.8. The summed E-state index contributed by atoms with van der Waals surface area (Å²) in [5.74, 6) is -0.787. The molecule has 3 N–H and O–H groups in total. The van der Waals surface area contributed by atoms with E-state index in [-0.39, 0.29) is 12.5 Å². The molecule has 0 aliphatic carbocycles. The highest BCUT2D eigenvalue weighted by Crippen LogP contribution is 2.22. The molecule has 1 unspecified atom stereocenters. The maximum Gasteiger partial charge on any atom is 0.305 e. The van der Waals surface area contributed by atoms with E-state index in [1.54, 1.807) is 11.3 Å². The molecule has 2 heterocycles. The van der Waals surface area contributed by atoms with Gasteiger partial charge in [-0.1, -0.05) is 6.07 Å². The van der Waals surface area contributed by atoms with Gasteiger partial charge in [0.2, 0.25) is 0 Å². The van der Waals surface area contributed by atoms with Gasteiger partial charge in [-0.2, -0.15) is 0 Å². The van der Waals surface area contributed by atoms with Crippen LogP contribution in [0.25, 0.3) is 0 Å². The highest BCUT2D eigenvalue weighted by atomic mass is 32.1. The topological polar surface area (TPSA) is 65.1 Å². The fourth-order valence-electron chi connectivity index (χ4n) is 1.65. The number of aliphatic carboxylic acids is 1. The van der Waals surface area contributed by atoms with Crippen molar-refractivity contribution in [3.8, 4) is 0 Å². The maximum atomic E-state index is 10.8. The number of aromatic amines is 1. The minimum atomic E-state index is -0.787. The van der Waals surface area contributed by atoms with E-state index in [2.05, 4.69) is 10.3 Å². The van der Waals surface area contributed by atoms with Crippen molar-refractivity contribution in [1.29, 1.82) is 0 Å². The van der Waals surface area contributed by atoms with Gasteiger partial charge < -0.3 is 15.4 Å². The van der Waals surface area contributed by atoms with Crippen LogP contribution in [0.4, 0.5) is 0 Å². The van der Waals surface area contributed by atoms with Crippen LogP contribution in [0.5, 0.6) is 0 Å². The number of aromatic nitrogens is 1. The summed E-state index contributed by atoms with van der Waals surface area (Å²) >= 11 is 1.58. The van der Waals surface area contributed by atoms with Crippen LogP contribution in [-0.4, -0.2) is 16.1 Å². The van der Waals surface area contributed by atoms with Crippen LogP contribution < -0.4 is 5.32 Å². The summed E-state index contributed by atoms with van der Waals surface area (Å²) in [6.45, 7) is 0.666. The number of nitrogens with one attached hydrogen (secondary N) is 2. The zero-order chi connectivity index (χ0) is 12.1. The Kier molecular flexibility index (Phi) is 3.95. The molecule has 2 rings (SSSR count). The first-order chi connectivity index (χ1) is 8.25. The molecule has 0 saturated heterocycles. The van der Waals surface area contributed by atoms with Gasteiger partial charge >= 0.3 is 5.97 Å². The van der Waals surface area contributed by atoms with Crippen LogP contribution in [0.2, 0.25) is 0 Å². The number of rotatable bonds is 6. The van der Waals surface area contributed by atoms with Crippen molar-refractivity contribution in [2.24, 2.45) is 0 Å². The van der Waals surface area contributed by atoms with Crippen LogP contribution in [0.15, 0.2) is 36.0 Å². The third-order valence-corrected chi connectivity index (χ3v) is 3.47. The van der Waals surface area contributed by atoms with Crippen molar-refractivity contribution in [1.82, 2.24) is 10.3 Å². The van der Waals surface area contributed by atoms with Crippen LogP contribution in [-0.2, 0) is 11.3 Å². The number of carbonyl (C=O) groups is 1. The van der Waals surface area contributed by atoms with E-state index in [9.17, 15) is 4.79 Å². The van der Waals surface area contributed by atoms with E-state index >= 15 is 0 Å². The molecular weight excluding hydrogens is 236 g/mol. The van der Waals surface area contributed by atoms with Gasteiger partial charge in [0.1, 0.15) is 0 Å². The molecular formula is C12H14N2O2S. The molecule has 0 aliphatic rings. The minimum Gasteiger partial charge on any atom is -0.481 e. The summed E-state index contributed by atoms with van der Waals surface area (Å²) in [4.78, 5) is 14.9. The normalized spacial score (nSPS) is 12.5. The number of hydrogen-bond acceptors (Lipinski definition) is 3. The Bertz CT molecular complexity index is 451. The highest BCUT2D eigenvalue weighted by molar-refractivity contribution is 7.10. The zero-order valence-corrected chi connectivity index (χ0v) is 10.0. The van der Waals surface area contributed by atoms with E-state index in [0.29, 0.717) is 6.54 Å². The molecule has 0 fully saturated rings. The second-order valence-electron chi connectivity index (χ2n) is 3.77. The third-order valence-electron chi connectivity index (χ3n) is 2.48. The summed E-state index contributed by atoms with van der Waals surface area (Å²) < 4.78 is 0. The number of hydrogen-bond donors (Lipinski definition) is 3. The predicted octanol–water partition coefficient (Wildman–Crippen LogP) is 2.38. The number of H-pyrrole nitrogens is 1. The number of carboxylic acids is 1. The molecule has 5 heteroatoms. The van der Waals surface area contributed by atoms with Crippen LogP contribution in [0, 0.1) is 0 Å². The SMILES string of the molecule is O=C(O)CC(NCc1cc[nH]c1)c1cccs1. The Morgan fingerprint density at radius 3 is 3.00 bits per heavy atom. The Morgan fingerprint density at radius 1 is 1.53 bits per heavy atom. The standard InChI is InChI=1S/C12H14N2O2S/c15-12(16)6-10(11-2-1-5-17-11)14-8-9-3-4-13-7-9/h1-5,7,10,13-14H,6,8H2,(H,15,16). The highest BCUT2D eigenvalue weighted by Gasteiger charge is 2.15. The van der Waals surface area contributed by atoms with Gasteiger partial charge in [-0.25, -0.2) is 0 Å². The van der Waals surface area contributed by atoms with Crippen molar-refractivity contribution < 1.29 is 9.90 Å². The third kappa shape index (κ3) is 3.44. The largest absolute Gasteiger partial charge is 0.481 e. The summed E-state index contributed by atoms with van der Waals surface area (Å²) in [6, 6.07) is 5.75. The molecule has 2 aromatic heterocycles. The number of carboxylic acid groups (broad SMARTS) is 1. The van der Waals surface area contributed by atoms with E-state index < -0.39 is 5.97 Å². The average Bonchev–Trinajstić information content (AvgIpc) is 2.96. The van der Waals surface area contributed by atoms with Crippen LogP contribution in [0.1, 0.15) is 22.9 Å². The van der Waals surface area contributed by atoms with Gasteiger partial charge in [0.05, 0.1) is 12.5 Å². The van der Waals surface area contributed by atoms with Crippen molar-refractivity contribution in [2.75, 3.05) is 0 Å². The van der Waals surface area contributed by atoms with Crippen LogP contribution >= 0.6 is 11.3 Å². The molecule has 0 aromatic carbocycles. The quantitative estimate of drug-likeness (QED) is 0.737. The first kappa shape index (κ1) is 11.9. The molecule has 17 heavy (non-hydrogen) atoms. The van der Waals surface area contributed by atoms with Crippen molar-refractivity contribution in [3.05, 3.63) is 46.4 Å². The Hall–Kier alpha value is -1.59. The zero-order valence-electron chi connectivity index (χ0n) is 9.22. The summed E-state index contributed by atoms with van der Waals surface area (Å²) in [5.41, 5.74) is 1.12. The Morgan fingerprint density at radius 2 is 2.41 bits per heavy atom. The lowest BCUT2D eigenvalue weighted by Crippen LogP contribution is -2.22. The fraction of sp³-hybridized carbons (Fsp3) is 0.250. The molecule has 2 aromatic rings. The van der Waals surface area contributed by atoms with Gasteiger partial charge in [0, 0.05) is 23.8 Å². The van der Waals surface area contributed by atoms with E-state index in [1.165, 1.54) is 0 Å². The fourth-order valence-corrected chi connectivity index (χ4v) is 2.45. The molecule has 90 valence electrons. The van der Waals surface area contributed by atoms with Gasteiger partial charge in [-0.15, -0.1) is 11.3 Å². The molecule has 0 aliphatic heterocycles. The predicted molar refractivity (Wildman–Crippen MR) is 66.9 cm³/mol. The first-order valence-corrected chi connectivity index (χ1v) is 6.24. The van der Waals surface area contributed by atoms with Crippen molar-refractivity contribution in [3.63, 3.8) is 0 Å². The summed E-state index contributed by atoms with van der Waals surface area (Å²) in [7, 11) is 0. The Balaban J connectivity index is 1.98. The van der Waals surface area contributed by atoms with E-state index in [1.807, 2.05) is 36.0 Å². The summed E-state index contributed by atoms with van der Waals surface area (Å²) in [6.07, 6.45) is 3.86. The molecule has 0 saturated carbocycles. The molecule has 4 nitrogen and oxygen atoms in total. The lowest BCUT2D eigenvalue weighted by atomic mass is 10.1. The molecule has 0 radical (unpaired) electrons. The summed E-state index contributed by atoms with van der Waals surface area (Å²) in [5, 5.41) is 14.1. The van der Waals surface area contributed by atoms with E-state index in [0.717, 1.165) is 10.4 Å². The van der Waals surface area contributed by atoms with Gasteiger partial charge in [0.25, 0.3) is 0 Å². The molecule has 1 atom stereocenters. The molecule has 0 amide bonds. The first-order valence-electron chi connectivity index (χ1n) is 5.36. The number of thiophene rings is 1. The lowest BCUT2D eigenvalue weighted by Gasteiger charge is -2.14. The van der Waals surface area contributed by atoms with Gasteiger partial charge in [-0.3, -0.25) is 4.79 Å². The second-order valence-corrected chi connectivity index (χ2v) is 4.75. The van der Waals surface area contributed by atoms with Gasteiger partial charge in [0.15, 0.2) is 0 Å². The molecule has 0 bridgehead atoms.